The van der Waals surface area contributed by atoms with E-state index in [2.05, 4.69) is 10.0 Å². The maximum absolute atomic E-state index is 12.7. The summed E-state index contributed by atoms with van der Waals surface area (Å²) in [7, 11) is -2.57. The van der Waals surface area contributed by atoms with Crippen molar-refractivity contribution in [3.8, 4) is 11.5 Å². The molecule has 34 heavy (non-hydrogen) atoms. The molecule has 2 N–H and O–H groups in total. The number of sulfonamides is 1. The minimum Gasteiger partial charge on any atom is -0.495 e. The van der Waals surface area contributed by atoms with Crippen LogP contribution in [0.3, 0.4) is 0 Å². The van der Waals surface area contributed by atoms with E-state index >= 15 is 0 Å². The second kappa shape index (κ2) is 11.0. The van der Waals surface area contributed by atoms with Gasteiger partial charge in [-0.3, -0.25) is 4.79 Å². The van der Waals surface area contributed by atoms with E-state index in [-0.39, 0.29) is 33.9 Å². The molecule has 0 aliphatic carbocycles. The van der Waals surface area contributed by atoms with Gasteiger partial charge >= 0.3 is 5.97 Å². The predicted octanol–water partition coefficient (Wildman–Crippen LogP) is 3.53. The van der Waals surface area contributed by atoms with Crippen LogP contribution in [-0.4, -0.2) is 33.4 Å². The molecule has 3 aromatic rings. The third-order valence-corrected chi connectivity index (χ3v) is 6.36. The van der Waals surface area contributed by atoms with Gasteiger partial charge in [0.25, 0.3) is 5.91 Å². The van der Waals surface area contributed by atoms with Gasteiger partial charge in [0.05, 0.1) is 12.7 Å². The van der Waals surface area contributed by atoms with E-state index in [9.17, 15) is 18.0 Å². The summed E-state index contributed by atoms with van der Waals surface area (Å²) in [6.07, 6.45) is 0. The minimum atomic E-state index is -3.91. The van der Waals surface area contributed by atoms with Gasteiger partial charge in [0.1, 0.15) is 16.4 Å². The Balaban J connectivity index is 1.75. The Morgan fingerprint density at radius 3 is 2.32 bits per heavy atom. The van der Waals surface area contributed by atoms with Gasteiger partial charge in [-0.05, 0) is 55.8 Å². The number of esters is 1. The Labute approximate surface area is 199 Å². The second-order valence-corrected chi connectivity index (χ2v) is 9.41. The summed E-state index contributed by atoms with van der Waals surface area (Å²) < 4.78 is 38.3. The summed E-state index contributed by atoms with van der Waals surface area (Å²) in [4.78, 5) is 25.1. The normalized spacial score (nSPS) is 11.2. The van der Waals surface area contributed by atoms with E-state index in [4.69, 9.17) is 9.47 Å². The Hall–Kier alpha value is -3.69. The first kappa shape index (κ1) is 24.9. The van der Waals surface area contributed by atoms with Crippen molar-refractivity contribution in [1.82, 2.24) is 10.0 Å². The summed E-state index contributed by atoms with van der Waals surface area (Å²) >= 11 is 0. The van der Waals surface area contributed by atoms with Gasteiger partial charge in [-0.2, -0.15) is 0 Å². The lowest BCUT2D eigenvalue weighted by Gasteiger charge is -2.14. The Kier molecular flexibility index (Phi) is 8.04. The largest absolute Gasteiger partial charge is 0.495 e. The van der Waals surface area contributed by atoms with Gasteiger partial charge < -0.3 is 14.8 Å². The Morgan fingerprint density at radius 2 is 1.65 bits per heavy atom. The molecule has 0 atom stereocenters. The maximum Gasteiger partial charge on any atom is 0.343 e. The number of hydrogen-bond acceptors (Lipinski definition) is 6. The quantitative estimate of drug-likeness (QED) is 0.357. The number of carbonyl (C=O) groups excluding carboxylic acids is 2. The van der Waals surface area contributed by atoms with Crippen LogP contribution < -0.4 is 19.5 Å². The molecule has 1 amide bonds. The number of nitrogens with one attached hydrogen (secondary N) is 2. The van der Waals surface area contributed by atoms with E-state index in [0.29, 0.717) is 12.1 Å². The third-order valence-electron chi connectivity index (χ3n) is 4.68. The number of benzene rings is 3. The molecule has 3 rings (SSSR count). The van der Waals surface area contributed by atoms with Crippen LogP contribution in [0.1, 0.15) is 40.1 Å². The summed E-state index contributed by atoms with van der Waals surface area (Å²) in [6, 6.07) is 19.3. The van der Waals surface area contributed by atoms with E-state index in [1.165, 1.54) is 37.4 Å². The molecule has 0 aliphatic heterocycles. The maximum atomic E-state index is 12.7. The van der Waals surface area contributed by atoms with Gasteiger partial charge in [-0.15, -0.1) is 0 Å². The highest BCUT2D eigenvalue weighted by Gasteiger charge is 2.23. The zero-order valence-electron chi connectivity index (χ0n) is 19.1. The highest BCUT2D eigenvalue weighted by atomic mass is 32.2. The van der Waals surface area contributed by atoms with Crippen molar-refractivity contribution in [2.24, 2.45) is 0 Å². The molecule has 0 bridgehead atoms. The van der Waals surface area contributed by atoms with Crippen molar-refractivity contribution in [2.45, 2.75) is 31.3 Å². The number of hydrogen-bond donors (Lipinski definition) is 2. The summed E-state index contributed by atoms with van der Waals surface area (Å²) in [5.74, 6) is -0.843. The lowest BCUT2D eigenvalue weighted by molar-refractivity contribution is 0.0733. The summed E-state index contributed by atoms with van der Waals surface area (Å²) in [5, 5.41) is 2.81. The first-order valence-corrected chi connectivity index (χ1v) is 12.0. The Morgan fingerprint density at radius 1 is 0.912 bits per heavy atom. The van der Waals surface area contributed by atoms with Crippen molar-refractivity contribution in [3.05, 3.63) is 89.5 Å². The lowest BCUT2D eigenvalue weighted by Crippen LogP contribution is -2.30. The van der Waals surface area contributed by atoms with E-state index in [1.54, 1.807) is 26.0 Å². The molecular formula is C25H26N2O6S. The van der Waals surface area contributed by atoms with Crippen molar-refractivity contribution in [2.75, 3.05) is 7.11 Å². The Bertz CT molecular complexity index is 1270. The topological polar surface area (TPSA) is 111 Å². The first-order valence-electron chi connectivity index (χ1n) is 10.5. The number of ether oxygens (including phenoxy) is 2. The first-order chi connectivity index (χ1) is 16.2. The molecular weight excluding hydrogens is 456 g/mol. The van der Waals surface area contributed by atoms with Crippen LogP contribution in [0, 0.1) is 0 Å². The molecule has 178 valence electrons. The van der Waals surface area contributed by atoms with E-state index in [0.717, 1.165) is 5.56 Å². The van der Waals surface area contributed by atoms with Gasteiger partial charge in [-0.25, -0.2) is 17.9 Å². The number of methoxy groups -OCH3 is 1. The van der Waals surface area contributed by atoms with Crippen LogP contribution in [0.25, 0.3) is 0 Å². The van der Waals surface area contributed by atoms with Crippen LogP contribution >= 0.6 is 0 Å². The fraction of sp³-hybridized carbons (Fsp3) is 0.200. The fourth-order valence-corrected chi connectivity index (χ4v) is 4.58. The number of carbonyl (C=O) groups is 2. The van der Waals surface area contributed by atoms with E-state index in [1.807, 2.05) is 30.3 Å². The van der Waals surface area contributed by atoms with Crippen LogP contribution in [0.15, 0.2) is 77.7 Å². The molecule has 0 radical (unpaired) electrons. The van der Waals surface area contributed by atoms with E-state index < -0.39 is 16.0 Å². The molecule has 0 saturated heterocycles. The van der Waals surface area contributed by atoms with Gasteiger partial charge in [-0.1, -0.05) is 36.4 Å². The lowest BCUT2D eigenvalue weighted by atomic mass is 10.2. The fourth-order valence-electron chi connectivity index (χ4n) is 3.13. The smallest absolute Gasteiger partial charge is 0.343 e. The molecule has 0 aromatic heterocycles. The van der Waals surface area contributed by atoms with Crippen LogP contribution in [0.4, 0.5) is 0 Å². The SMILES string of the molecule is COc1ccc(C(=O)Oc2cccc(C(=O)NCc3ccccc3)c2)cc1S(=O)(=O)NC(C)C. The van der Waals surface area contributed by atoms with Gasteiger partial charge in [0.15, 0.2) is 0 Å². The molecule has 0 unspecified atom stereocenters. The molecule has 0 spiro atoms. The standard InChI is InChI=1S/C25H26N2O6S/c1-17(2)27-34(30,31)23-15-20(12-13-22(23)32-3)25(29)33-21-11-7-10-19(14-21)24(28)26-16-18-8-5-4-6-9-18/h4-15,17,27H,16H2,1-3H3,(H,26,28). The molecule has 0 aliphatic rings. The number of amides is 1. The molecule has 9 heteroatoms. The molecule has 0 heterocycles. The number of rotatable bonds is 9. The van der Waals surface area contributed by atoms with Gasteiger partial charge in [0.2, 0.25) is 10.0 Å². The molecule has 3 aromatic carbocycles. The van der Waals surface area contributed by atoms with Crippen molar-refractivity contribution in [3.63, 3.8) is 0 Å². The van der Waals surface area contributed by atoms with Crippen LogP contribution in [0.5, 0.6) is 11.5 Å². The molecule has 0 fully saturated rings. The zero-order valence-corrected chi connectivity index (χ0v) is 19.9. The minimum absolute atomic E-state index is 0.0175. The van der Waals surface area contributed by atoms with Crippen LogP contribution in [-0.2, 0) is 16.6 Å². The molecule has 0 saturated carbocycles. The van der Waals surface area contributed by atoms with Gasteiger partial charge in [0, 0.05) is 18.2 Å². The highest BCUT2D eigenvalue weighted by Crippen LogP contribution is 2.26. The van der Waals surface area contributed by atoms with Crippen molar-refractivity contribution < 1.29 is 27.5 Å². The zero-order chi connectivity index (χ0) is 24.7. The van der Waals surface area contributed by atoms with Crippen molar-refractivity contribution >= 4 is 21.9 Å². The second-order valence-electron chi connectivity index (χ2n) is 7.73. The summed E-state index contributed by atoms with van der Waals surface area (Å²) in [5.41, 5.74) is 1.29. The monoisotopic (exact) mass is 482 g/mol. The molecule has 8 nitrogen and oxygen atoms in total. The predicted molar refractivity (Wildman–Crippen MR) is 127 cm³/mol. The third kappa shape index (κ3) is 6.43. The average Bonchev–Trinajstić information content (AvgIpc) is 2.82. The van der Waals surface area contributed by atoms with Crippen LogP contribution in [0.2, 0.25) is 0 Å². The average molecular weight is 483 g/mol. The van der Waals surface area contributed by atoms with Crippen molar-refractivity contribution in [1.29, 1.82) is 0 Å². The highest BCUT2D eigenvalue weighted by molar-refractivity contribution is 7.89. The summed E-state index contributed by atoms with van der Waals surface area (Å²) in [6.45, 7) is 3.73.